The summed E-state index contributed by atoms with van der Waals surface area (Å²) in [6.45, 7) is -1.20. The van der Waals surface area contributed by atoms with Crippen molar-refractivity contribution in [2.24, 2.45) is 0 Å². The topological polar surface area (TPSA) is 17.1 Å². The Bertz CT molecular complexity index is 46.1. The first-order valence-corrected chi connectivity index (χ1v) is 1.46. The summed E-state index contributed by atoms with van der Waals surface area (Å²) >= 11 is 0. The van der Waals surface area contributed by atoms with Crippen LogP contribution in [0.1, 0.15) is 0 Å². The summed E-state index contributed by atoms with van der Waals surface area (Å²) in [6.07, 6.45) is -1.98. The highest BCUT2D eigenvalue weighted by Crippen LogP contribution is 1.82. The van der Waals surface area contributed by atoms with Crippen LogP contribution in [0.5, 0.6) is 0 Å². The maximum Gasteiger partial charge on any atom is 0.183 e. The summed E-state index contributed by atoms with van der Waals surface area (Å²) in [6, 6.07) is 0. The van der Waals surface area contributed by atoms with E-state index in [1.165, 1.54) is 0 Å². The minimum absolute atomic E-state index is 0.0694. The second-order valence-corrected chi connectivity index (χ2v) is 0.806. The molecule has 0 aliphatic heterocycles. The number of rotatable bonds is 2. The van der Waals surface area contributed by atoms with Gasteiger partial charge in [-0.05, 0) is 0 Å². The average Bonchev–Trinajstić information content (AvgIpc) is 1.65. The number of carbonyl (C=O) groups excluding carboxylic acids is 1. The molecule has 1 unspecified atom stereocenters. The van der Waals surface area contributed by atoms with E-state index in [4.69, 9.17) is 4.79 Å². The fourth-order valence-electron chi connectivity index (χ4n) is 0.0364. The lowest BCUT2D eigenvalue weighted by Gasteiger charge is -1.82. The number of hydrogen-bond acceptors (Lipinski definition) is 1. The molecule has 0 amide bonds. The SMILES string of the molecule is O=CC(F)CF. The molecule has 0 saturated carbocycles. The minimum Gasteiger partial charge on any atom is -0.300 e. The van der Waals surface area contributed by atoms with Crippen LogP contribution in [0.2, 0.25) is 0 Å². The Hall–Kier alpha value is -0.470. The van der Waals surface area contributed by atoms with E-state index in [1.807, 2.05) is 0 Å². The zero-order valence-electron chi connectivity index (χ0n) is 3.03. The van der Waals surface area contributed by atoms with Crippen molar-refractivity contribution in [3.05, 3.63) is 0 Å². The summed E-state index contributed by atoms with van der Waals surface area (Å²) in [7, 11) is 0. The van der Waals surface area contributed by atoms with Crippen molar-refractivity contribution >= 4 is 6.29 Å². The number of hydrogen-bond donors (Lipinski definition) is 0. The van der Waals surface area contributed by atoms with Crippen LogP contribution in [-0.2, 0) is 4.79 Å². The Morgan fingerprint density at radius 3 is 2.33 bits per heavy atom. The molecule has 0 aromatic carbocycles. The van der Waals surface area contributed by atoms with Gasteiger partial charge in [0.2, 0.25) is 0 Å². The Balaban J connectivity index is 2.96. The van der Waals surface area contributed by atoms with E-state index >= 15 is 0 Å². The predicted octanol–water partition coefficient (Wildman–Crippen LogP) is 0.493. The summed E-state index contributed by atoms with van der Waals surface area (Å²) in [5.74, 6) is 0. The molecule has 6 heavy (non-hydrogen) atoms. The molecule has 0 aliphatic rings. The molecule has 0 N–H and O–H groups in total. The van der Waals surface area contributed by atoms with Crippen molar-refractivity contribution in [2.75, 3.05) is 6.67 Å². The highest BCUT2D eigenvalue weighted by atomic mass is 19.2. The van der Waals surface area contributed by atoms with Crippen molar-refractivity contribution in [3.8, 4) is 0 Å². The monoisotopic (exact) mass is 94.0 g/mol. The van der Waals surface area contributed by atoms with Crippen molar-refractivity contribution in [1.29, 1.82) is 0 Å². The van der Waals surface area contributed by atoms with Crippen molar-refractivity contribution in [2.45, 2.75) is 6.17 Å². The van der Waals surface area contributed by atoms with Gasteiger partial charge < -0.3 is 4.79 Å². The van der Waals surface area contributed by atoms with E-state index in [9.17, 15) is 8.78 Å². The molecule has 0 rings (SSSR count). The third-order valence-corrected chi connectivity index (χ3v) is 0.295. The van der Waals surface area contributed by atoms with Gasteiger partial charge in [0.25, 0.3) is 0 Å². The fraction of sp³-hybridized carbons (Fsp3) is 0.667. The average molecular weight is 94.1 g/mol. The molecule has 0 aromatic rings. The normalized spacial score (nSPS) is 13.7. The molecule has 0 aliphatic carbocycles. The van der Waals surface area contributed by atoms with E-state index in [0.29, 0.717) is 0 Å². The van der Waals surface area contributed by atoms with Crippen LogP contribution in [0.25, 0.3) is 0 Å². The smallest absolute Gasteiger partial charge is 0.183 e. The first kappa shape index (κ1) is 5.53. The minimum atomic E-state index is -1.91. The molecule has 36 valence electrons. The zero-order chi connectivity index (χ0) is 4.99. The Labute approximate surface area is 34.0 Å². The standard InChI is InChI=1S/C3H4F2O/c4-1-3(5)2-6/h2-3H,1H2. The van der Waals surface area contributed by atoms with Crippen molar-refractivity contribution in [1.82, 2.24) is 0 Å². The molecule has 0 heterocycles. The van der Waals surface area contributed by atoms with Crippen LogP contribution >= 0.6 is 0 Å². The van der Waals surface area contributed by atoms with E-state index in [0.717, 1.165) is 0 Å². The largest absolute Gasteiger partial charge is 0.300 e. The predicted molar refractivity (Wildman–Crippen MR) is 16.9 cm³/mol. The third kappa shape index (κ3) is 1.81. The van der Waals surface area contributed by atoms with Crippen LogP contribution in [0.3, 0.4) is 0 Å². The van der Waals surface area contributed by atoms with Gasteiger partial charge in [0.15, 0.2) is 12.5 Å². The van der Waals surface area contributed by atoms with Gasteiger partial charge in [-0.2, -0.15) is 0 Å². The Morgan fingerprint density at radius 2 is 2.33 bits per heavy atom. The van der Waals surface area contributed by atoms with E-state index in [-0.39, 0.29) is 6.29 Å². The summed E-state index contributed by atoms with van der Waals surface area (Å²) in [5, 5.41) is 0. The van der Waals surface area contributed by atoms with Gasteiger partial charge >= 0.3 is 0 Å². The fourth-order valence-corrected chi connectivity index (χ4v) is 0.0364. The van der Waals surface area contributed by atoms with E-state index < -0.39 is 12.8 Å². The van der Waals surface area contributed by atoms with Gasteiger partial charge in [-0.3, -0.25) is 0 Å². The van der Waals surface area contributed by atoms with Crippen LogP contribution in [0.4, 0.5) is 8.78 Å². The van der Waals surface area contributed by atoms with Crippen molar-refractivity contribution < 1.29 is 13.6 Å². The molecule has 0 saturated heterocycles. The first-order chi connectivity index (χ1) is 2.81. The number of aldehydes is 1. The van der Waals surface area contributed by atoms with Gasteiger partial charge in [0.1, 0.15) is 6.67 Å². The maximum absolute atomic E-state index is 11.1. The van der Waals surface area contributed by atoms with Gasteiger partial charge in [0.05, 0.1) is 0 Å². The van der Waals surface area contributed by atoms with Crippen molar-refractivity contribution in [3.63, 3.8) is 0 Å². The number of alkyl halides is 2. The van der Waals surface area contributed by atoms with Crippen LogP contribution in [0, 0.1) is 0 Å². The highest BCUT2D eigenvalue weighted by Gasteiger charge is 1.98. The second kappa shape index (κ2) is 2.75. The first-order valence-electron chi connectivity index (χ1n) is 1.46. The lowest BCUT2D eigenvalue weighted by molar-refractivity contribution is -0.112. The van der Waals surface area contributed by atoms with Crippen LogP contribution in [0.15, 0.2) is 0 Å². The lowest BCUT2D eigenvalue weighted by atomic mass is 10.5. The Kier molecular flexibility index (Phi) is 2.54. The van der Waals surface area contributed by atoms with Gasteiger partial charge in [0, 0.05) is 0 Å². The number of halogens is 2. The molecular formula is C3H4F2O. The second-order valence-electron chi connectivity index (χ2n) is 0.806. The Morgan fingerprint density at radius 1 is 1.83 bits per heavy atom. The third-order valence-electron chi connectivity index (χ3n) is 0.295. The van der Waals surface area contributed by atoms with E-state index in [2.05, 4.69) is 0 Å². The zero-order valence-corrected chi connectivity index (χ0v) is 3.03. The summed E-state index contributed by atoms with van der Waals surface area (Å²) in [5.41, 5.74) is 0. The van der Waals surface area contributed by atoms with Crippen LogP contribution < -0.4 is 0 Å². The van der Waals surface area contributed by atoms with Gasteiger partial charge in [-0.25, -0.2) is 8.78 Å². The van der Waals surface area contributed by atoms with E-state index in [1.54, 1.807) is 0 Å². The quantitative estimate of drug-likeness (QED) is 0.455. The van der Waals surface area contributed by atoms with Gasteiger partial charge in [-0.1, -0.05) is 0 Å². The molecule has 0 bridgehead atoms. The summed E-state index contributed by atoms with van der Waals surface area (Å²) in [4.78, 5) is 9.12. The maximum atomic E-state index is 11.1. The molecule has 0 aromatic heterocycles. The van der Waals surface area contributed by atoms with Gasteiger partial charge in [-0.15, -0.1) is 0 Å². The molecule has 0 fully saturated rings. The molecular weight excluding hydrogens is 90.0 g/mol. The molecule has 1 nitrogen and oxygen atoms in total. The molecule has 3 heteroatoms. The summed E-state index contributed by atoms with van der Waals surface area (Å²) < 4.78 is 21.9. The lowest BCUT2D eigenvalue weighted by Crippen LogP contribution is -2.01. The molecule has 1 atom stereocenters. The molecule has 0 spiro atoms. The van der Waals surface area contributed by atoms with Crippen LogP contribution in [-0.4, -0.2) is 19.1 Å². The molecule has 0 radical (unpaired) electrons. The highest BCUT2D eigenvalue weighted by molar-refractivity contribution is 5.55. The number of carbonyl (C=O) groups is 1.